The lowest BCUT2D eigenvalue weighted by Crippen LogP contribution is -2.43. The van der Waals surface area contributed by atoms with Crippen LogP contribution in [0.25, 0.3) is 0 Å². The van der Waals surface area contributed by atoms with Crippen molar-refractivity contribution in [2.24, 2.45) is 4.99 Å². The van der Waals surface area contributed by atoms with Gasteiger partial charge in [-0.3, -0.25) is 9.89 Å². The van der Waals surface area contributed by atoms with Gasteiger partial charge in [0.25, 0.3) is 0 Å². The third-order valence-corrected chi connectivity index (χ3v) is 4.30. The topological polar surface area (TPSA) is 44.0 Å². The van der Waals surface area contributed by atoms with Crippen LogP contribution in [-0.2, 0) is 6.42 Å². The fourth-order valence-electron chi connectivity index (χ4n) is 3.06. The van der Waals surface area contributed by atoms with E-state index in [9.17, 15) is 0 Å². The van der Waals surface area contributed by atoms with Crippen molar-refractivity contribution in [2.75, 3.05) is 39.1 Å². The number of rotatable bonds is 4. The number of benzene rings is 1. The Morgan fingerprint density at radius 1 is 1.29 bits per heavy atom. The van der Waals surface area contributed by atoms with Gasteiger partial charge >= 0.3 is 0 Å². The summed E-state index contributed by atoms with van der Waals surface area (Å²) in [7, 11) is 5.95. The maximum atomic E-state index is 5.57. The van der Waals surface area contributed by atoms with Crippen LogP contribution >= 0.6 is 24.0 Å². The zero-order chi connectivity index (χ0) is 16.2. The molecule has 1 aliphatic heterocycles. The number of guanidine groups is 1. The number of halogens is 1. The minimum absolute atomic E-state index is 0. The summed E-state index contributed by atoms with van der Waals surface area (Å²) in [6.45, 7) is 1.71. The van der Waals surface area contributed by atoms with E-state index in [2.05, 4.69) is 58.5 Å². The molecule has 1 unspecified atom stereocenters. The summed E-state index contributed by atoms with van der Waals surface area (Å²) in [5.74, 6) is 1.87. The number of furan rings is 1. The highest BCUT2D eigenvalue weighted by Crippen LogP contribution is 2.27. The van der Waals surface area contributed by atoms with E-state index in [1.54, 1.807) is 6.26 Å². The summed E-state index contributed by atoms with van der Waals surface area (Å²) in [5, 5.41) is 3.50. The van der Waals surface area contributed by atoms with Gasteiger partial charge in [-0.15, -0.1) is 24.0 Å². The molecule has 0 amide bonds. The Morgan fingerprint density at radius 2 is 2.08 bits per heavy atom. The van der Waals surface area contributed by atoms with Gasteiger partial charge in [0, 0.05) is 25.8 Å². The molecule has 0 spiro atoms. The van der Waals surface area contributed by atoms with Crippen LogP contribution in [0, 0.1) is 0 Å². The number of aliphatic imine (C=N–C) groups is 1. The maximum Gasteiger partial charge on any atom is 0.198 e. The summed E-state index contributed by atoms with van der Waals surface area (Å²) in [5.41, 5.74) is 2.63. The van der Waals surface area contributed by atoms with E-state index in [1.807, 2.05) is 19.2 Å². The van der Waals surface area contributed by atoms with Gasteiger partial charge in [0.15, 0.2) is 5.96 Å². The number of para-hydroxylation sites is 1. The summed E-state index contributed by atoms with van der Waals surface area (Å²) >= 11 is 0. The molecule has 1 N–H and O–H groups in total. The molecule has 2 heterocycles. The van der Waals surface area contributed by atoms with Gasteiger partial charge < -0.3 is 14.6 Å². The Morgan fingerprint density at radius 3 is 2.75 bits per heavy atom. The second kappa shape index (κ2) is 8.53. The van der Waals surface area contributed by atoms with Crippen molar-refractivity contribution in [3.05, 3.63) is 54.0 Å². The van der Waals surface area contributed by atoms with Crippen molar-refractivity contribution in [3.63, 3.8) is 0 Å². The van der Waals surface area contributed by atoms with Crippen molar-refractivity contribution in [1.82, 2.24) is 10.2 Å². The van der Waals surface area contributed by atoms with Crippen LogP contribution < -0.4 is 10.2 Å². The van der Waals surface area contributed by atoms with Crippen LogP contribution in [0.15, 0.2) is 52.1 Å². The molecule has 0 bridgehead atoms. The van der Waals surface area contributed by atoms with Crippen LogP contribution in [0.1, 0.15) is 17.4 Å². The van der Waals surface area contributed by atoms with Crippen molar-refractivity contribution in [1.29, 1.82) is 0 Å². The normalized spacial score (nSPS) is 15.2. The van der Waals surface area contributed by atoms with Crippen LogP contribution in [0.3, 0.4) is 0 Å². The molecule has 1 atom stereocenters. The Balaban J connectivity index is 0.00000208. The molecule has 6 heteroatoms. The smallest absolute Gasteiger partial charge is 0.198 e. The number of hydrogen-bond acceptors (Lipinski definition) is 3. The van der Waals surface area contributed by atoms with Gasteiger partial charge in [0.2, 0.25) is 0 Å². The fourth-order valence-corrected chi connectivity index (χ4v) is 3.06. The lowest BCUT2D eigenvalue weighted by molar-refractivity contribution is 0.258. The Hall–Kier alpha value is -1.54. The van der Waals surface area contributed by atoms with Crippen molar-refractivity contribution in [3.8, 4) is 0 Å². The van der Waals surface area contributed by atoms with Crippen molar-refractivity contribution < 1.29 is 4.42 Å². The van der Waals surface area contributed by atoms with E-state index >= 15 is 0 Å². The van der Waals surface area contributed by atoms with Crippen LogP contribution in [0.4, 0.5) is 5.69 Å². The predicted molar refractivity (Wildman–Crippen MR) is 109 cm³/mol. The monoisotopic (exact) mass is 440 g/mol. The third kappa shape index (κ3) is 3.92. The molecule has 0 saturated heterocycles. The minimum Gasteiger partial charge on any atom is -0.468 e. The lowest BCUT2D eigenvalue weighted by atomic mass is 10.2. The molecular weight excluding hydrogens is 415 g/mol. The van der Waals surface area contributed by atoms with Crippen LogP contribution in [0.2, 0.25) is 0 Å². The first-order valence-electron chi connectivity index (χ1n) is 7.96. The van der Waals surface area contributed by atoms with E-state index in [0.29, 0.717) is 0 Å². The highest BCUT2D eigenvalue weighted by atomic mass is 127. The standard InChI is InChI=1S/C18H24N4O.HI/c1-19-18(22-11-10-14-7-4-5-8-15(14)22)20-13-16(21(2)3)17-9-6-12-23-17;/h4-9,12,16H,10-11,13H2,1-3H3,(H,19,20);1H. The third-order valence-electron chi connectivity index (χ3n) is 4.30. The first kappa shape index (κ1) is 18.8. The first-order valence-corrected chi connectivity index (χ1v) is 7.96. The largest absolute Gasteiger partial charge is 0.468 e. The van der Waals surface area contributed by atoms with E-state index in [1.165, 1.54) is 11.3 Å². The molecule has 1 aromatic heterocycles. The Kier molecular flexibility index (Phi) is 6.68. The molecule has 3 rings (SSSR count). The summed E-state index contributed by atoms with van der Waals surface area (Å²) in [6, 6.07) is 12.6. The van der Waals surface area contributed by atoms with Gasteiger partial charge in [0.05, 0.1) is 12.3 Å². The van der Waals surface area contributed by atoms with Crippen molar-refractivity contribution >= 4 is 35.6 Å². The second-order valence-corrected chi connectivity index (χ2v) is 5.95. The molecule has 0 radical (unpaired) electrons. The minimum atomic E-state index is 0. The van der Waals surface area contributed by atoms with Crippen LogP contribution in [-0.4, -0.2) is 45.1 Å². The van der Waals surface area contributed by atoms with Crippen LogP contribution in [0.5, 0.6) is 0 Å². The predicted octanol–water partition coefficient (Wildman–Crippen LogP) is 3.14. The van der Waals surface area contributed by atoms with Gasteiger partial charge in [-0.1, -0.05) is 18.2 Å². The van der Waals surface area contributed by atoms with E-state index in [4.69, 9.17) is 4.42 Å². The number of hydrogen-bond donors (Lipinski definition) is 1. The number of fused-ring (bicyclic) bond motifs is 1. The summed E-state index contributed by atoms with van der Waals surface area (Å²) in [4.78, 5) is 8.87. The molecular formula is C18H25IN4O. The van der Waals surface area contributed by atoms with Gasteiger partial charge in [0.1, 0.15) is 5.76 Å². The van der Waals surface area contributed by atoms with Gasteiger partial charge in [-0.05, 0) is 44.3 Å². The number of nitrogens with zero attached hydrogens (tertiary/aromatic N) is 3. The molecule has 0 saturated carbocycles. The Labute approximate surface area is 160 Å². The van der Waals surface area contributed by atoms with Gasteiger partial charge in [-0.2, -0.15) is 0 Å². The summed E-state index contributed by atoms with van der Waals surface area (Å²) < 4.78 is 5.57. The summed E-state index contributed by atoms with van der Waals surface area (Å²) in [6.07, 6.45) is 2.78. The second-order valence-electron chi connectivity index (χ2n) is 5.95. The SMILES string of the molecule is CN=C(NCC(c1ccco1)N(C)C)N1CCc2ccccc21.I. The number of likely N-dealkylation sites (N-methyl/N-ethyl adjacent to an activating group) is 1. The average Bonchev–Trinajstić information content (AvgIpc) is 3.21. The van der Waals surface area contributed by atoms with E-state index < -0.39 is 0 Å². The zero-order valence-corrected chi connectivity index (χ0v) is 16.7. The van der Waals surface area contributed by atoms with E-state index in [-0.39, 0.29) is 30.0 Å². The maximum absolute atomic E-state index is 5.57. The average molecular weight is 440 g/mol. The van der Waals surface area contributed by atoms with Gasteiger partial charge in [-0.25, -0.2) is 0 Å². The Bertz CT molecular complexity index is 669. The number of nitrogens with one attached hydrogen (secondary N) is 1. The molecule has 1 aromatic carbocycles. The molecule has 2 aromatic rings. The fraction of sp³-hybridized carbons (Fsp3) is 0.389. The highest BCUT2D eigenvalue weighted by molar-refractivity contribution is 14.0. The molecule has 0 aliphatic carbocycles. The molecule has 1 aliphatic rings. The van der Waals surface area contributed by atoms with E-state index in [0.717, 1.165) is 31.2 Å². The number of anilines is 1. The zero-order valence-electron chi connectivity index (χ0n) is 14.4. The lowest BCUT2D eigenvalue weighted by Gasteiger charge is -2.27. The molecule has 0 fully saturated rings. The van der Waals surface area contributed by atoms with Crippen molar-refractivity contribution in [2.45, 2.75) is 12.5 Å². The quantitative estimate of drug-likeness (QED) is 0.451. The molecule has 5 nitrogen and oxygen atoms in total. The highest BCUT2D eigenvalue weighted by Gasteiger charge is 2.24. The molecule has 130 valence electrons. The molecule has 24 heavy (non-hydrogen) atoms. The first-order chi connectivity index (χ1) is 11.2.